The third-order valence-corrected chi connectivity index (χ3v) is 3.36. The molecule has 0 aromatic carbocycles. The van der Waals surface area contributed by atoms with Crippen molar-refractivity contribution in [2.24, 2.45) is 5.84 Å². The smallest absolute Gasteiger partial charge is 0.251 e. The van der Waals surface area contributed by atoms with Crippen molar-refractivity contribution in [1.29, 1.82) is 0 Å². The van der Waals surface area contributed by atoms with Crippen LogP contribution in [0.4, 0.5) is 5.82 Å². The maximum atomic E-state index is 12.2. The van der Waals surface area contributed by atoms with E-state index < -0.39 is 0 Å². The first-order valence-electron chi connectivity index (χ1n) is 6.22. The summed E-state index contributed by atoms with van der Waals surface area (Å²) >= 11 is 5.84. The Bertz CT molecular complexity index is 467. The SMILES string of the molecule is CN1CCCC(NC(=O)c2cc(Cl)nc(NN)c2)C1. The Labute approximate surface area is 117 Å². The molecule has 1 unspecified atom stereocenters. The molecule has 4 N–H and O–H groups in total. The van der Waals surface area contributed by atoms with Gasteiger partial charge in [-0.1, -0.05) is 11.6 Å². The van der Waals surface area contributed by atoms with Gasteiger partial charge in [0.05, 0.1) is 0 Å². The quantitative estimate of drug-likeness (QED) is 0.435. The number of hydrogen-bond acceptors (Lipinski definition) is 5. The molecule has 1 aromatic heterocycles. The summed E-state index contributed by atoms with van der Waals surface area (Å²) in [5.74, 6) is 5.50. The summed E-state index contributed by atoms with van der Waals surface area (Å²) in [6.45, 7) is 1.95. The molecule has 0 spiro atoms. The minimum absolute atomic E-state index is 0.152. The van der Waals surface area contributed by atoms with Crippen LogP contribution in [0, 0.1) is 0 Å². The molecular formula is C12H18ClN5O. The Balaban J connectivity index is 2.05. The van der Waals surface area contributed by atoms with Crippen molar-refractivity contribution in [2.75, 3.05) is 25.6 Å². The molecule has 7 heteroatoms. The van der Waals surface area contributed by atoms with Gasteiger partial charge in [-0.15, -0.1) is 0 Å². The zero-order chi connectivity index (χ0) is 13.8. The Morgan fingerprint density at radius 2 is 2.37 bits per heavy atom. The van der Waals surface area contributed by atoms with Crippen LogP contribution >= 0.6 is 11.6 Å². The molecule has 1 aliphatic rings. The van der Waals surface area contributed by atoms with Crippen LogP contribution in [0.3, 0.4) is 0 Å². The summed E-state index contributed by atoms with van der Waals surface area (Å²) in [6.07, 6.45) is 2.09. The summed E-state index contributed by atoms with van der Waals surface area (Å²) in [4.78, 5) is 18.3. The molecule has 104 valence electrons. The van der Waals surface area contributed by atoms with Gasteiger partial charge in [0.2, 0.25) is 0 Å². The number of anilines is 1. The lowest BCUT2D eigenvalue weighted by Crippen LogP contribution is -2.46. The molecule has 1 aliphatic heterocycles. The molecule has 2 heterocycles. The van der Waals surface area contributed by atoms with Crippen molar-refractivity contribution in [1.82, 2.24) is 15.2 Å². The van der Waals surface area contributed by atoms with Gasteiger partial charge in [-0.2, -0.15) is 0 Å². The predicted molar refractivity (Wildman–Crippen MR) is 75.0 cm³/mol. The van der Waals surface area contributed by atoms with Crippen LogP contribution in [-0.2, 0) is 0 Å². The van der Waals surface area contributed by atoms with Gasteiger partial charge in [0.1, 0.15) is 11.0 Å². The highest BCUT2D eigenvalue weighted by molar-refractivity contribution is 6.29. The van der Waals surface area contributed by atoms with Gasteiger partial charge in [0.15, 0.2) is 0 Å². The Morgan fingerprint density at radius 1 is 1.58 bits per heavy atom. The monoisotopic (exact) mass is 283 g/mol. The minimum atomic E-state index is -0.152. The highest BCUT2D eigenvalue weighted by atomic mass is 35.5. The average molecular weight is 284 g/mol. The maximum absolute atomic E-state index is 12.2. The molecule has 2 rings (SSSR count). The van der Waals surface area contributed by atoms with E-state index in [9.17, 15) is 4.79 Å². The van der Waals surface area contributed by atoms with Gasteiger partial charge < -0.3 is 15.6 Å². The van der Waals surface area contributed by atoms with Crippen LogP contribution in [-0.4, -0.2) is 42.0 Å². The number of pyridine rings is 1. The van der Waals surface area contributed by atoms with Crippen LogP contribution in [0.5, 0.6) is 0 Å². The fourth-order valence-electron chi connectivity index (χ4n) is 2.25. The summed E-state index contributed by atoms with van der Waals surface area (Å²) in [5.41, 5.74) is 2.85. The number of hydrogen-bond donors (Lipinski definition) is 3. The van der Waals surface area contributed by atoms with E-state index in [1.54, 1.807) is 6.07 Å². The number of rotatable bonds is 3. The van der Waals surface area contributed by atoms with Crippen LogP contribution in [0.25, 0.3) is 0 Å². The van der Waals surface area contributed by atoms with Crippen molar-refractivity contribution in [3.63, 3.8) is 0 Å². The van der Waals surface area contributed by atoms with Crippen LogP contribution in [0.1, 0.15) is 23.2 Å². The van der Waals surface area contributed by atoms with Gasteiger partial charge in [0.25, 0.3) is 5.91 Å². The summed E-state index contributed by atoms with van der Waals surface area (Å²) in [6, 6.07) is 3.28. The largest absolute Gasteiger partial charge is 0.348 e. The average Bonchev–Trinajstić information content (AvgIpc) is 2.38. The number of amides is 1. The van der Waals surface area contributed by atoms with Gasteiger partial charge in [-0.3, -0.25) is 4.79 Å². The van der Waals surface area contributed by atoms with E-state index in [1.807, 2.05) is 0 Å². The van der Waals surface area contributed by atoms with E-state index in [4.69, 9.17) is 17.4 Å². The number of carbonyl (C=O) groups excluding carboxylic acids is 1. The van der Waals surface area contributed by atoms with Gasteiger partial charge >= 0.3 is 0 Å². The normalized spacial score (nSPS) is 20.1. The first-order chi connectivity index (χ1) is 9.08. The minimum Gasteiger partial charge on any atom is -0.348 e. The van der Waals surface area contributed by atoms with Crippen molar-refractivity contribution < 1.29 is 4.79 Å². The number of nitrogens with one attached hydrogen (secondary N) is 2. The second-order valence-corrected chi connectivity index (χ2v) is 5.17. The summed E-state index contributed by atoms with van der Waals surface area (Å²) in [7, 11) is 2.05. The standard InChI is InChI=1S/C12H18ClN5O/c1-18-4-2-3-9(7-18)15-12(19)8-5-10(13)16-11(6-8)17-14/h5-6,9H,2-4,7,14H2,1H3,(H,15,19)(H,16,17). The number of piperidine rings is 1. The number of nitrogen functional groups attached to an aromatic ring is 1. The highest BCUT2D eigenvalue weighted by Gasteiger charge is 2.20. The number of likely N-dealkylation sites (N-methyl/N-ethyl adjacent to an activating group) is 1. The van der Waals surface area contributed by atoms with Crippen LogP contribution in [0.2, 0.25) is 5.15 Å². The third kappa shape index (κ3) is 3.79. The van der Waals surface area contributed by atoms with Gasteiger partial charge in [0, 0.05) is 18.2 Å². The maximum Gasteiger partial charge on any atom is 0.251 e. The van der Waals surface area contributed by atoms with E-state index in [-0.39, 0.29) is 17.1 Å². The van der Waals surface area contributed by atoms with Crippen molar-refractivity contribution in [2.45, 2.75) is 18.9 Å². The van der Waals surface area contributed by atoms with Crippen molar-refractivity contribution in [3.05, 3.63) is 22.8 Å². The fraction of sp³-hybridized carbons (Fsp3) is 0.500. The predicted octanol–water partition coefficient (Wildman–Crippen LogP) is 0.845. The van der Waals surface area contributed by atoms with Crippen molar-refractivity contribution >= 4 is 23.3 Å². The zero-order valence-electron chi connectivity index (χ0n) is 10.8. The Morgan fingerprint density at radius 3 is 3.05 bits per heavy atom. The number of aromatic nitrogens is 1. The lowest BCUT2D eigenvalue weighted by molar-refractivity contribution is 0.0912. The highest BCUT2D eigenvalue weighted by Crippen LogP contribution is 2.15. The Kier molecular flexibility index (Phi) is 4.57. The first-order valence-corrected chi connectivity index (χ1v) is 6.60. The summed E-state index contributed by atoms with van der Waals surface area (Å²) < 4.78 is 0. The molecule has 0 saturated carbocycles. The summed E-state index contributed by atoms with van der Waals surface area (Å²) in [5, 5.41) is 3.25. The third-order valence-electron chi connectivity index (χ3n) is 3.16. The first kappa shape index (κ1) is 14.0. The number of likely N-dealkylation sites (tertiary alicyclic amines) is 1. The molecule has 1 fully saturated rings. The van der Waals surface area contributed by atoms with Crippen LogP contribution < -0.4 is 16.6 Å². The van der Waals surface area contributed by atoms with Crippen molar-refractivity contribution in [3.8, 4) is 0 Å². The molecule has 0 bridgehead atoms. The van der Waals surface area contributed by atoms with E-state index in [1.165, 1.54) is 6.07 Å². The van der Waals surface area contributed by atoms with E-state index in [0.29, 0.717) is 11.4 Å². The second kappa shape index (κ2) is 6.18. The van der Waals surface area contributed by atoms with Gasteiger partial charge in [-0.05, 0) is 38.6 Å². The molecule has 1 atom stereocenters. The molecule has 19 heavy (non-hydrogen) atoms. The molecular weight excluding hydrogens is 266 g/mol. The van der Waals surface area contributed by atoms with E-state index in [2.05, 4.69) is 27.7 Å². The van der Waals surface area contributed by atoms with Gasteiger partial charge in [-0.25, -0.2) is 10.8 Å². The number of nitrogens with zero attached hydrogens (tertiary/aromatic N) is 2. The fourth-order valence-corrected chi connectivity index (χ4v) is 2.46. The number of hydrazine groups is 1. The number of nitrogens with two attached hydrogens (primary N) is 1. The number of carbonyl (C=O) groups is 1. The molecule has 1 amide bonds. The Hall–Kier alpha value is -1.37. The molecule has 1 saturated heterocycles. The molecule has 0 aliphatic carbocycles. The lowest BCUT2D eigenvalue weighted by atomic mass is 10.1. The van der Waals surface area contributed by atoms with E-state index >= 15 is 0 Å². The number of halogens is 1. The second-order valence-electron chi connectivity index (χ2n) is 4.78. The molecule has 1 aromatic rings. The zero-order valence-corrected chi connectivity index (χ0v) is 11.6. The topological polar surface area (TPSA) is 83.3 Å². The van der Waals surface area contributed by atoms with E-state index in [0.717, 1.165) is 25.9 Å². The van der Waals surface area contributed by atoms with Crippen LogP contribution in [0.15, 0.2) is 12.1 Å². The molecule has 0 radical (unpaired) electrons. The molecule has 6 nitrogen and oxygen atoms in total. The lowest BCUT2D eigenvalue weighted by Gasteiger charge is -2.30.